The molecule has 0 N–H and O–H groups in total. The van der Waals surface area contributed by atoms with Crippen molar-refractivity contribution in [2.24, 2.45) is 0 Å². The lowest BCUT2D eigenvalue weighted by Gasteiger charge is -2.27. The van der Waals surface area contributed by atoms with Crippen LogP contribution in [0.3, 0.4) is 0 Å². The molecule has 0 aromatic heterocycles. The third-order valence-corrected chi connectivity index (χ3v) is 3.44. The van der Waals surface area contributed by atoms with Crippen molar-refractivity contribution < 1.29 is 14.3 Å². The number of ether oxygens (including phenoxy) is 1. The van der Waals surface area contributed by atoms with Crippen molar-refractivity contribution in [2.45, 2.75) is 39.2 Å². The van der Waals surface area contributed by atoms with Crippen LogP contribution in [0.5, 0.6) is 0 Å². The zero-order valence-electron chi connectivity index (χ0n) is 11.9. The number of Topliss-reactive ketones (excluding diaryl/α,β-unsaturated/α-hetero) is 1. The van der Waals surface area contributed by atoms with E-state index in [0.717, 1.165) is 4.47 Å². The molecule has 0 atom stereocenters. The van der Waals surface area contributed by atoms with Crippen molar-refractivity contribution in [2.75, 3.05) is 11.4 Å². The molecule has 4 nitrogen and oxygen atoms in total. The summed E-state index contributed by atoms with van der Waals surface area (Å²) >= 11 is 3.36. The van der Waals surface area contributed by atoms with Gasteiger partial charge in [0.1, 0.15) is 5.60 Å². The normalized spacial score (nSPS) is 15.6. The molecule has 1 aromatic rings. The number of halogens is 1. The lowest BCUT2D eigenvalue weighted by molar-refractivity contribution is 0.0580. The number of hydrogen-bond acceptors (Lipinski definition) is 3. The summed E-state index contributed by atoms with van der Waals surface area (Å²) in [4.78, 5) is 26.0. The molecule has 108 valence electrons. The van der Waals surface area contributed by atoms with Crippen LogP contribution in [0.4, 0.5) is 10.5 Å². The summed E-state index contributed by atoms with van der Waals surface area (Å²) in [7, 11) is 0. The Labute approximate surface area is 127 Å². The van der Waals surface area contributed by atoms with E-state index in [9.17, 15) is 9.59 Å². The molecule has 0 fully saturated rings. The lowest BCUT2D eigenvalue weighted by Crippen LogP contribution is -2.37. The average Bonchev–Trinajstić information content (AvgIpc) is 2.47. The minimum absolute atomic E-state index is 0.0624. The van der Waals surface area contributed by atoms with Crippen molar-refractivity contribution in [3.8, 4) is 0 Å². The van der Waals surface area contributed by atoms with Gasteiger partial charge in [0, 0.05) is 23.0 Å². The monoisotopic (exact) mass is 339 g/mol. The van der Waals surface area contributed by atoms with Gasteiger partial charge in [-0.1, -0.05) is 15.9 Å². The molecule has 0 saturated carbocycles. The van der Waals surface area contributed by atoms with Crippen molar-refractivity contribution in [3.05, 3.63) is 28.2 Å². The number of hydrogen-bond donors (Lipinski definition) is 0. The number of carbonyl (C=O) groups excluding carboxylic acids is 2. The Morgan fingerprint density at radius 3 is 2.70 bits per heavy atom. The zero-order chi connectivity index (χ0) is 14.9. The van der Waals surface area contributed by atoms with E-state index < -0.39 is 11.7 Å². The van der Waals surface area contributed by atoms with Gasteiger partial charge in [0.2, 0.25) is 0 Å². The van der Waals surface area contributed by atoms with Crippen molar-refractivity contribution in [1.82, 2.24) is 0 Å². The number of rotatable bonds is 0. The first kappa shape index (κ1) is 15.0. The van der Waals surface area contributed by atoms with Gasteiger partial charge in [-0.3, -0.25) is 9.69 Å². The van der Waals surface area contributed by atoms with Gasteiger partial charge in [0.15, 0.2) is 5.78 Å². The van der Waals surface area contributed by atoms with Gasteiger partial charge in [-0.25, -0.2) is 4.79 Å². The van der Waals surface area contributed by atoms with Crippen molar-refractivity contribution in [3.63, 3.8) is 0 Å². The first-order valence-corrected chi connectivity index (χ1v) is 7.40. The van der Waals surface area contributed by atoms with Gasteiger partial charge >= 0.3 is 6.09 Å². The highest BCUT2D eigenvalue weighted by Gasteiger charge is 2.28. The van der Waals surface area contributed by atoms with Crippen LogP contribution in [0.25, 0.3) is 0 Å². The number of fused-ring (bicyclic) bond motifs is 1. The van der Waals surface area contributed by atoms with Crippen LogP contribution >= 0.6 is 15.9 Å². The highest BCUT2D eigenvalue weighted by Crippen LogP contribution is 2.30. The standard InChI is InChI=1S/C15H18BrNO3/c1-15(2,3)20-14(19)17-8-4-5-13(18)11-9-10(16)6-7-12(11)17/h6-7,9H,4-5,8H2,1-3H3. The molecule has 1 aliphatic rings. The fraction of sp³-hybridized carbons (Fsp3) is 0.467. The quantitative estimate of drug-likeness (QED) is 0.712. The van der Waals surface area contributed by atoms with Gasteiger partial charge in [0.25, 0.3) is 0 Å². The molecule has 0 spiro atoms. The number of nitrogens with zero attached hydrogens (tertiary/aromatic N) is 1. The van der Waals surface area contributed by atoms with E-state index in [4.69, 9.17) is 4.74 Å². The molecule has 0 bridgehead atoms. The summed E-state index contributed by atoms with van der Waals surface area (Å²) in [6, 6.07) is 5.38. The second kappa shape index (κ2) is 5.56. The summed E-state index contributed by atoms with van der Waals surface area (Å²) in [5, 5.41) is 0. The first-order chi connectivity index (χ1) is 9.28. The van der Waals surface area contributed by atoms with Gasteiger partial charge in [0.05, 0.1) is 5.69 Å². The summed E-state index contributed by atoms with van der Waals surface area (Å²) < 4.78 is 6.25. The molecule has 0 radical (unpaired) electrons. The maximum atomic E-state index is 12.3. The molecule has 1 aliphatic heterocycles. The Morgan fingerprint density at radius 2 is 2.05 bits per heavy atom. The van der Waals surface area contributed by atoms with Crippen LogP contribution in [-0.4, -0.2) is 24.0 Å². The van der Waals surface area contributed by atoms with Gasteiger partial charge in [-0.2, -0.15) is 0 Å². The SMILES string of the molecule is CC(C)(C)OC(=O)N1CCCC(=O)c2cc(Br)ccc21. The smallest absolute Gasteiger partial charge is 0.414 e. The van der Waals surface area contributed by atoms with Crippen LogP contribution in [0.1, 0.15) is 44.0 Å². The Balaban J connectivity index is 2.38. The molecule has 1 heterocycles. The van der Waals surface area contributed by atoms with Crippen LogP contribution in [0.15, 0.2) is 22.7 Å². The second-order valence-corrected chi connectivity index (χ2v) is 6.74. The molecule has 5 heteroatoms. The van der Waals surface area contributed by atoms with E-state index in [-0.39, 0.29) is 5.78 Å². The molecule has 0 unspecified atom stereocenters. The topological polar surface area (TPSA) is 46.6 Å². The Kier molecular flexibility index (Phi) is 4.18. The Bertz CT molecular complexity index is 549. The second-order valence-electron chi connectivity index (χ2n) is 5.82. The number of anilines is 1. The number of benzene rings is 1. The molecule has 1 amide bonds. The maximum absolute atomic E-state index is 12.3. The van der Waals surface area contributed by atoms with E-state index in [1.807, 2.05) is 26.8 Å². The van der Waals surface area contributed by atoms with Crippen LogP contribution in [0.2, 0.25) is 0 Å². The molecule has 2 rings (SSSR count). The molecule has 0 aliphatic carbocycles. The fourth-order valence-corrected chi connectivity index (χ4v) is 2.49. The van der Waals surface area contributed by atoms with Crippen molar-refractivity contribution in [1.29, 1.82) is 0 Å². The van der Waals surface area contributed by atoms with Crippen LogP contribution < -0.4 is 4.90 Å². The lowest BCUT2D eigenvalue weighted by atomic mass is 10.1. The molecule has 1 aromatic carbocycles. The highest BCUT2D eigenvalue weighted by atomic mass is 79.9. The highest BCUT2D eigenvalue weighted by molar-refractivity contribution is 9.10. The zero-order valence-corrected chi connectivity index (χ0v) is 13.5. The average molecular weight is 340 g/mol. The summed E-state index contributed by atoms with van der Waals surface area (Å²) in [6.07, 6.45) is 0.684. The predicted octanol–water partition coefficient (Wildman–Crippen LogP) is 4.17. The number of ketones is 1. The molecular formula is C15H18BrNO3. The van der Waals surface area contributed by atoms with Gasteiger partial charge in [-0.15, -0.1) is 0 Å². The van der Waals surface area contributed by atoms with E-state index in [2.05, 4.69) is 15.9 Å². The third-order valence-electron chi connectivity index (χ3n) is 2.95. The Hall–Kier alpha value is -1.36. The third kappa shape index (κ3) is 3.39. The van der Waals surface area contributed by atoms with E-state index >= 15 is 0 Å². The largest absolute Gasteiger partial charge is 0.443 e. The first-order valence-electron chi connectivity index (χ1n) is 6.61. The minimum atomic E-state index is -0.553. The van der Waals surface area contributed by atoms with E-state index in [1.165, 1.54) is 0 Å². The van der Waals surface area contributed by atoms with Gasteiger partial charge < -0.3 is 4.74 Å². The van der Waals surface area contributed by atoms with E-state index in [1.54, 1.807) is 17.0 Å². The molecular weight excluding hydrogens is 322 g/mol. The Morgan fingerprint density at radius 1 is 1.35 bits per heavy atom. The minimum Gasteiger partial charge on any atom is -0.443 e. The summed E-state index contributed by atoms with van der Waals surface area (Å²) in [5.41, 5.74) is 0.649. The summed E-state index contributed by atoms with van der Waals surface area (Å²) in [6.45, 7) is 5.98. The van der Waals surface area contributed by atoms with Crippen LogP contribution in [0, 0.1) is 0 Å². The van der Waals surface area contributed by atoms with Crippen molar-refractivity contribution >= 4 is 33.5 Å². The molecule has 0 saturated heterocycles. The predicted molar refractivity (Wildman–Crippen MR) is 81.3 cm³/mol. The number of carbonyl (C=O) groups is 2. The van der Waals surface area contributed by atoms with E-state index in [0.29, 0.717) is 30.6 Å². The van der Waals surface area contributed by atoms with Crippen LogP contribution in [-0.2, 0) is 4.74 Å². The fourth-order valence-electron chi connectivity index (χ4n) is 2.13. The maximum Gasteiger partial charge on any atom is 0.414 e. The number of amides is 1. The molecule has 20 heavy (non-hydrogen) atoms. The summed E-state index contributed by atoms with van der Waals surface area (Å²) in [5.74, 6) is 0.0624. The van der Waals surface area contributed by atoms with Gasteiger partial charge in [-0.05, 0) is 45.4 Å².